The first-order valence-electron chi connectivity index (χ1n) is 11.4. The third kappa shape index (κ3) is 3.96. The molecule has 5 nitrogen and oxygen atoms in total. The average Bonchev–Trinajstić information content (AvgIpc) is 3.19. The van der Waals surface area contributed by atoms with Crippen LogP contribution in [0.5, 0.6) is 5.75 Å². The van der Waals surface area contributed by atoms with E-state index in [0.29, 0.717) is 6.04 Å². The number of piperidine rings is 2. The standard InChI is InChI=1S/C25H32N4O/c1-30-21-11-9-20(10-12-21)29-24-13-8-19(18-28-15-5-2-6-16-28)17-23(24)27-25(29)22-7-3-4-14-26-22/h8-13,17,22,26H,2-7,14-16,18H2,1H3. The van der Waals surface area contributed by atoms with Gasteiger partial charge in [-0.15, -0.1) is 0 Å². The minimum atomic E-state index is 0.304. The zero-order chi connectivity index (χ0) is 20.3. The Morgan fingerprint density at radius 2 is 1.83 bits per heavy atom. The molecule has 5 rings (SSSR count). The van der Waals surface area contributed by atoms with E-state index in [9.17, 15) is 0 Å². The molecule has 2 saturated heterocycles. The number of imidazole rings is 1. The normalized spacial score (nSPS) is 20.5. The lowest BCUT2D eigenvalue weighted by atomic mass is 10.0. The lowest BCUT2D eigenvalue weighted by Crippen LogP contribution is -2.29. The molecule has 2 fully saturated rings. The van der Waals surface area contributed by atoms with E-state index >= 15 is 0 Å². The van der Waals surface area contributed by atoms with E-state index in [1.54, 1.807) is 7.11 Å². The van der Waals surface area contributed by atoms with Gasteiger partial charge in [0, 0.05) is 12.2 Å². The fourth-order valence-electron chi connectivity index (χ4n) is 4.93. The minimum Gasteiger partial charge on any atom is -0.497 e. The smallest absolute Gasteiger partial charge is 0.131 e. The average molecular weight is 405 g/mol. The SMILES string of the molecule is COc1ccc(-n2c(C3CCCCN3)nc3cc(CN4CCCCC4)ccc32)cc1. The fourth-order valence-corrected chi connectivity index (χ4v) is 4.93. The Labute approximate surface area is 179 Å². The quantitative estimate of drug-likeness (QED) is 0.661. The zero-order valence-electron chi connectivity index (χ0n) is 17.9. The number of nitrogens with zero attached hydrogens (tertiary/aromatic N) is 3. The molecule has 1 atom stereocenters. The van der Waals surface area contributed by atoms with Crippen LogP contribution in [0.2, 0.25) is 0 Å². The summed E-state index contributed by atoms with van der Waals surface area (Å²) in [4.78, 5) is 7.74. The Hall–Kier alpha value is -2.37. The van der Waals surface area contributed by atoms with Crippen LogP contribution in [0.25, 0.3) is 16.7 Å². The molecular weight excluding hydrogens is 372 g/mol. The van der Waals surface area contributed by atoms with E-state index in [-0.39, 0.29) is 0 Å². The summed E-state index contributed by atoms with van der Waals surface area (Å²) in [5.41, 5.74) is 4.80. The van der Waals surface area contributed by atoms with Crippen molar-refractivity contribution >= 4 is 11.0 Å². The maximum absolute atomic E-state index is 5.37. The summed E-state index contributed by atoms with van der Waals surface area (Å²) in [5, 5.41) is 3.69. The summed E-state index contributed by atoms with van der Waals surface area (Å²) in [6.45, 7) is 4.53. The summed E-state index contributed by atoms with van der Waals surface area (Å²) in [6, 6.07) is 15.5. The summed E-state index contributed by atoms with van der Waals surface area (Å²) >= 11 is 0. The molecule has 0 aliphatic carbocycles. The summed E-state index contributed by atoms with van der Waals surface area (Å²) in [6.07, 6.45) is 7.67. The first-order valence-corrected chi connectivity index (χ1v) is 11.4. The van der Waals surface area contributed by atoms with Gasteiger partial charge in [-0.2, -0.15) is 0 Å². The Balaban J connectivity index is 1.54. The van der Waals surface area contributed by atoms with Crippen LogP contribution in [0.15, 0.2) is 42.5 Å². The molecule has 0 radical (unpaired) electrons. The minimum absolute atomic E-state index is 0.304. The number of rotatable bonds is 5. The van der Waals surface area contributed by atoms with Gasteiger partial charge >= 0.3 is 0 Å². The van der Waals surface area contributed by atoms with Crippen molar-refractivity contribution < 1.29 is 4.74 Å². The van der Waals surface area contributed by atoms with Gasteiger partial charge in [-0.3, -0.25) is 9.47 Å². The van der Waals surface area contributed by atoms with Crippen molar-refractivity contribution in [2.45, 2.75) is 51.1 Å². The monoisotopic (exact) mass is 404 g/mol. The molecule has 2 aliphatic heterocycles. The van der Waals surface area contributed by atoms with Gasteiger partial charge in [0.2, 0.25) is 0 Å². The van der Waals surface area contributed by atoms with Crippen LogP contribution in [-0.4, -0.2) is 41.2 Å². The lowest BCUT2D eigenvalue weighted by molar-refractivity contribution is 0.221. The molecule has 0 bridgehead atoms. The molecule has 0 amide bonds. The number of nitrogens with one attached hydrogen (secondary N) is 1. The van der Waals surface area contributed by atoms with Crippen LogP contribution in [0.4, 0.5) is 0 Å². The van der Waals surface area contributed by atoms with Crippen molar-refractivity contribution in [1.82, 2.24) is 19.8 Å². The summed E-state index contributed by atoms with van der Waals surface area (Å²) in [5.74, 6) is 2.01. The van der Waals surface area contributed by atoms with Crippen LogP contribution in [0, 0.1) is 0 Å². The van der Waals surface area contributed by atoms with Gasteiger partial charge in [0.1, 0.15) is 11.6 Å². The van der Waals surface area contributed by atoms with Crippen molar-refractivity contribution in [2.75, 3.05) is 26.7 Å². The molecule has 3 heterocycles. The zero-order valence-corrected chi connectivity index (χ0v) is 17.9. The maximum atomic E-state index is 5.37. The van der Waals surface area contributed by atoms with Gasteiger partial charge in [-0.1, -0.05) is 18.9 Å². The van der Waals surface area contributed by atoms with Gasteiger partial charge < -0.3 is 10.1 Å². The Kier molecular flexibility index (Phi) is 5.73. The largest absolute Gasteiger partial charge is 0.497 e. The molecule has 1 unspecified atom stereocenters. The first-order chi connectivity index (χ1) is 14.8. The van der Waals surface area contributed by atoms with Gasteiger partial charge in [0.15, 0.2) is 0 Å². The molecule has 30 heavy (non-hydrogen) atoms. The number of hydrogen-bond donors (Lipinski definition) is 1. The topological polar surface area (TPSA) is 42.3 Å². The molecule has 0 spiro atoms. The van der Waals surface area contributed by atoms with E-state index < -0.39 is 0 Å². The van der Waals surface area contributed by atoms with Crippen molar-refractivity contribution in [2.24, 2.45) is 0 Å². The van der Waals surface area contributed by atoms with Crippen LogP contribution >= 0.6 is 0 Å². The highest BCUT2D eigenvalue weighted by Crippen LogP contribution is 2.31. The Morgan fingerprint density at radius 3 is 2.57 bits per heavy atom. The maximum Gasteiger partial charge on any atom is 0.131 e. The molecule has 2 aromatic carbocycles. The number of fused-ring (bicyclic) bond motifs is 1. The first kappa shape index (κ1) is 19.6. The van der Waals surface area contributed by atoms with Gasteiger partial charge in [-0.25, -0.2) is 4.98 Å². The highest BCUT2D eigenvalue weighted by molar-refractivity contribution is 5.79. The third-order valence-electron chi connectivity index (χ3n) is 6.55. The van der Waals surface area contributed by atoms with E-state index in [1.807, 2.05) is 12.1 Å². The molecule has 0 saturated carbocycles. The number of ether oxygens (including phenoxy) is 1. The second-order valence-electron chi connectivity index (χ2n) is 8.67. The van der Waals surface area contributed by atoms with E-state index in [2.05, 4.69) is 45.1 Å². The number of likely N-dealkylation sites (tertiary alicyclic amines) is 1. The summed E-state index contributed by atoms with van der Waals surface area (Å²) < 4.78 is 7.70. The highest BCUT2D eigenvalue weighted by Gasteiger charge is 2.23. The van der Waals surface area contributed by atoms with Crippen molar-refractivity contribution in [3.05, 3.63) is 53.9 Å². The van der Waals surface area contributed by atoms with Crippen molar-refractivity contribution in [1.29, 1.82) is 0 Å². The number of methoxy groups -OCH3 is 1. The molecule has 3 aromatic rings. The van der Waals surface area contributed by atoms with E-state index in [1.165, 1.54) is 56.3 Å². The second-order valence-corrected chi connectivity index (χ2v) is 8.67. The van der Waals surface area contributed by atoms with Crippen molar-refractivity contribution in [3.8, 4) is 11.4 Å². The van der Waals surface area contributed by atoms with Gasteiger partial charge in [-0.05, 0) is 87.3 Å². The second kappa shape index (κ2) is 8.78. The Bertz CT molecular complexity index is 982. The number of benzene rings is 2. The molecule has 5 heteroatoms. The molecule has 1 aromatic heterocycles. The molecular formula is C25H32N4O. The third-order valence-corrected chi connectivity index (χ3v) is 6.55. The van der Waals surface area contributed by atoms with Crippen LogP contribution in [0.1, 0.15) is 56.0 Å². The lowest BCUT2D eigenvalue weighted by Gasteiger charge is -2.26. The van der Waals surface area contributed by atoms with Gasteiger partial charge in [0.05, 0.1) is 24.2 Å². The predicted octanol–water partition coefficient (Wildman–Crippen LogP) is 4.83. The van der Waals surface area contributed by atoms with Crippen LogP contribution in [0.3, 0.4) is 0 Å². The highest BCUT2D eigenvalue weighted by atomic mass is 16.5. The van der Waals surface area contributed by atoms with Crippen LogP contribution < -0.4 is 10.1 Å². The van der Waals surface area contributed by atoms with Crippen molar-refractivity contribution in [3.63, 3.8) is 0 Å². The number of hydrogen-bond acceptors (Lipinski definition) is 4. The van der Waals surface area contributed by atoms with Crippen LogP contribution in [-0.2, 0) is 6.54 Å². The Morgan fingerprint density at radius 1 is 1.00 bits per heavy atom. The van der Waals surface area contributed by atoms with E-state index in [0.717, 1.165) is 42.3 Å². The molecule has 158 valence electrons. The predicted molar refractivity (Wildman–Crippen MR) is 121 cm³/mol. The number of aromatic nitrogens is 2. The van der Waals surface area contributed by atoms with E-state index in [4.69, 9.17) is 9.72 Å². The fraction of sp³-hybridized carbons (Fsp3) is 0.480. The summed E-state index contributed by atoms with van der Waals surface area (Å²) in [7, 11) is 1.71. The molecule has 2 aliphatic rings. The van der Waals surface area contributed by atoms with Gasteiger partial charge in [0.25, 0.3) is 0 Å². The molecule has 1 N–H and O–H groups in total.